The van der Waals surface area contributed by atoms with Gasteiger partial charge in [-0.2, -0.15) is 0 Å². The number of hydrogen-bond donors (Lipinski definition) is 1. The van der Waals surface area contributed by atoms with Crippen LogP contribution in [0.1, 0.15) is 94.1 Å². The Labute approximate surface area is 170 Å². The zero-order chi connectivity index (χ0) is 19.6. The molecule has 156 valence electrons. The number of likely N-dealkylation sites (tertiary alicyclic amines) is 1. The van der Waals surface area contributed by atoms with E-state index < -0.39 is 0 Å². The highest BCUT2D eigenvalue weighted by atomic mass is 15.1. The Kier molecular flexibility index (Phi) is 7.79. The average Bonchev–Trinajstić information content (AvgIpc) is 3.06. The molecule has 1 fully saturated rings. The van der Waals surface area contributed by atoms with Gasteiger partial charge in [0.1, 0.15) is 0 Å². The van der Waals surface area contributed by atoms with Gasteiger partial charge in [0.15, 0.2) is 0 Å². The highest BCUT2D eigenvalue weighted by Gasteiger charge is 2.56. The summed E-state index contributed by atoms with van der Waals surface area (Å²) in [5.74, 6) is 0. The molecule has 27 heavy (non-hydrogen) atoms. The first-order chi connectivity index (χ1) is 11.9. The summed E-state index contributed by atoms with van der Waals surface area (Å²) in [6, 6.07) is 11.3. The van der Waals surface area contributed by atoms with Gasteiger partial charge in [-0.1, -0.05) is 93.1 Å². The van der Waals surface area contributed by atoms with Crippen LogP contribution in [0.3, 0.4) is 0 Å². The second kappa shape index (κ2) is 8.68. The van der Waals surface area contributed by atoms with Crippen LogP contribution in [0.2, 0.25) is 0 Å². The second-order valence-corrected chi connectivity index (χ2v) is 11.1. The Morgan fingerprint density at radius 3 is 1.81 bits per heavy atom. The van der Waals surface area contributed by atoms with Crippen LogP contribution in [0.25, 0.3) is 0 Å². The fourth-order valence-electron chi connectivity index (χ4n) is 5.27. The highest BCUT2D eigenvalue weighted by Crippen LogP contribution is 2.61. The molecular formula is C26H48N+. The lowest BCUT2D eigenvalue weighted by Crippen LogP contribution is -3.10. The van der Waals surface area contributed by atoms with Crippen molar-refractivity contribution in [3.05, 3.63) is 35.9 Å². The number of nitrogens with one attached hydrogen (secondary N) is 1. The average molecular weight is 375 g/mol. The van der Waals surface area contributed by atoms with Gasteiger partial charge in [-0.3, -0.25) is 0 Å². The third-order valence-electron chi connectivity index (χ3n) is 8.47. The van der Waals surface area contributed by atoms with Crippen molar-refractivity contribution in [2.24, 2.45) is 16.2 Å². The summed E-state index contributed by atoms with van der Waals surface area (Å²) in [6.45, 7) is 23.9. The monoisotopic (exact) mass is 374 g/mol. The number of hydrogen-bond acceptors (Lipinski definition) is 0. The van der Waals surface area contributed by atoms with Crippen molar-refractivity contribution in [1.29, 1.82) is 0 Å². The summed E-state index contributed by atoms with van der Waals surface area (Å²) in [4.78, 5) is 1.83. The standard InChI is InChI=1S/C25H43N.CH4/c1-22(2,3)24(6,7)25(8,21-15-10-9-11-16-21)23(4,5)17-14-20-26-18-12-13-19-26;/h9-11,15-16H,12-14,17-20H2,1-8H3;1H4/p+1. The molecule has 1 aliphatic heterocycles. The van der Waals surface area contributed by atoms with E-state index in [1.54, 1.807) is 0 Å². The smallest absolute Gasteiger partial charge is 0.0773 e. The van der Waals surface area contributed by atoms with E-state index in [0.717, 1.165) is 0 Å². The first kappa shape index (κ1) is 24.2. The zero-order valence-corrected chi connectivity index (χ0v) is 18.8. The fraction of sp³-hybridized carbons (Fsp3) is 0.769. The number of benzene rings is 1. The second-order valence-electron chi connectivity index (χ2n) is 11.1. The Morgan fingerprint density at radius 1 is 0.815 bits per heavy atom. The third kappa shape index (κ3) is 4.61. The van der Waals surface area contributed by atoms with E-state index in [1.807, 2.05) is 4.90 Å². The van der Waals surface area contributed by atoms with E-state index in [9.17, 15) is 0 Å². The first-order valence-corrected chi connectivity index (χ1v) is 10.8. The van der Waals surface area contributed by atoms with Crippen LogP contribution < -0.4 is 4.90 Å². The van der Waals surface area contributed by atoms with E-state index in [4.69, 9.17) is 0 Å². The lowest BCUT2D eigenvalue weighted by atomic mass is 9.44. The Bertz CT molecular complexity index is 558. The SMILES string of the molecule is C.CC(C)(C)C(C)(C)C(C)(c1ccccc1)C(C)(C)CCC[NH+]1CCCC1. The molecule has 1 N–H and O–H groups in total. The molecule has 0 spiro atoms. The first-order valence-electron chi connectivity index (χ1n) is 10.8. The van der Waals surface area contributed by atoms with Crippen molar-refractivity contribution < 1.29 is 4.90 Å². The van der Waals surface area contributed by atoms with Crippen LogP contribution >= 0.6 is 0 Å². The summed E-state index contributed by atoms with van der Waals surface area (Å²) in [6.07, 6.45) is 5.49. The maximum atomic E-state index is 2.54. The van der Waals surface area contributed by atoms with Crippen LogP contribution in [0, 0.1) is 16.2 Å². The molecule has 1 heteroatoms. The molecule has 1 atom stereocenters. The maximum Gasteiger partial charge on any atom is 0.0773 e. The summed E-state index contributed by atoms with van der Waals surface area (Å²) in [5, 5.41) is 0. The van der Waals surface area contributed by atoms with Crippen LogP contribution in [-0.2, 0) is 5.41 Å². The van der Waals surface area contributed by atoms with Crippen LogP contribution in [-0.4, -0.2) is 19.6 Å². The van der Waals surface area contributed by atoms with Gasteiger partial charge in [0.2, 0.25) is 0 Å². The minimum atomic E-state index is 0. The predicted octanol–water partition coefficient (Wildman–Crippen LogP) is 6.14. The molecule has 0 radical (unpaired) electrons. The van der Waals surface area contributed by atoms with E-state index in [-0.39, 0.29) is 29.1 Å². The molecule has 2 rings (SSSR count). The van der Waals surface area contributed by atoms with Gasteiger partial charge in [-0.05, 0) is 34.7 Å². The molecular weight excluding hydrogens is 326 g/mol. The summed E-state index contributed by atoms with van der Waals surface area (Å²) in [7, 11) is 0. The Hall–Kier alpha value is -0.820. The number of quaternary nitrogens is 1. The Morgan fingerprint density at radius 2 is 1.33 bits per heavy atom. The maximum absolute atomic E-state index is 2.54. The van der Waals surface area contributed by atoms with E-state index >= 15 is 0 Å². The molecule has 0 aromatic heterocycles. The zero-order valence-electron chi connectivity index (χ0n) is 18.8. The normalized spacial score (nSPS) is 18.8. The van der Waals surface area contributed by atoms with Crippen molar-refractivity contribution >= 4 is 0 Å². The minimum Gasteiger partial charge on any atom is -0.335 e. The summed E-state index contributed by atoms with van der Waals surface area (Å²) in [5.41, 5.74) is 2.25. The van der Waals surface area contributed by atoms with Gasteiger partial charge >= 0.3 is 0 Å². The van der Waals surface area contributed by atoms with Gasteiger partial charge in [-0.25, -0.2) is 0 Å². The van der Waals surface area contributed by atoms with Gasteiger partial charge in [0.05, 0.1) is 19.6 Å². The number of rotatable bonds is 7. The van der Waals surface area contributed by atoms with E-state index in [1.165, 1.54) is 50.9 Å². The lowest BCUT2D eigenvalue weighted by Gasteiger charge is -2.60. The van der Waals surface area contributed by atoms with Crippen LogP contribution in [0.4, 0.5) is 0 Å². The third-order valence-corrected chi connectivity index (χ3v) is 8.47. The fourth-order valence-corrected chi connectivity index (χ4v) is 5.27. The van der Waals surface area contributed by atoms with Crippen molar-refractivity contribution in [3.63, 3.8) is 0 Å². The molecule has 1 aliphatic rings. The highest BCUT2D eigenvalue weighted by molar-refractivity contribution is 5.31. The van der Waals surface area contributed by atoms with E-state index in [2.05, 4.69) is 85.7 Å². The molecule has 0 aliphatic carbocycles. The lowest BCUT2D eigenvalue weighted by molar-refractivity contribution is -0.887. The van der Waals surface area contributed by atoms with Crippen LogP contribution in [0.15, 0.2) is 30.3 Å². The molecule has 0 bridgehead atoms. The van der Waals surface area contributed by atoms with Gasteiger partial charge in [-0.15, -0.1) is 0 Å². The molecule has 1 unspecified atom stereocenters. The minimum absolute atomic E-state index is 0. The van der Waals surface area contributed by atoms with Gasteiger partial charge < -0.3 is 4.90 Å². The molecule has 1 aromatic carbocycles. The topological polar surface area (TPSA) is 4.44 Å². The van der Waals surface area contributed by atoms with Crippen LogP contribution in [0.5, 0.6) is 0 Å². The van der Waals surface area contributed by atoms with Gasteiger partial charge in [0.25, 0.3) is 0 Å². The predicted molar refractivity (Wildman–Crippen MR) is 122 cm³/mol. The Balaban J connectivity index is 0.00000364. The van der Waals surface area contributed by atoms with E-state index in [0.29, 0.717) is 0 Å². The molecule has 1 nitrogen and oxygen atoms in total. The molecule has 1 heterocycles. The summed E-state index contributed by atoms with van der Waals surface area (Å²) < 4.78 is 0. The van der Waals surface area contributed by atoms with Crippen molar-refractivity contribution in [2.45, 2.75) is 93.9 Å². The molecule has 1 aromatic rings. The molecule has 0 amide bonds. The molecule has 1 saturated heterocycles. The quantitative estimate of drug-likeness (QED) is 0.585. The van der Waals surface area contributed by atoms with Crippen molar-refractivity contribution in [1.82, 2.24) is 0 Å². The molecule has 0 saturated carbocycles. The summed E-state index contributed by atoms with van der Waals surface area (Å²) >= 11 is 0. The van der Waals surface area contributed by atoms with Gasteiger partial charge in [0, 0.05) is 18.3 Å². The van der Waals surface area contributed by atoms with Crippen molar-refractivity contribution in [3.8, 4) is 0 Å². The largest absolute Gasteiger partial charge is 0.335 e. The van der Waals surface area contributed by atoms with Crippen molar-refractivity contribution in [2.75, 3.05) is 19.6 Å².